The smallest absolute Gasteiger partial charge is 0.228 e. The van der Waals surface area contributed by atoms with Gasteiger partial charge in [0.1, 0.15) is 0 Å². The molecule has 1 unspecified atom stereocenters. The summed E-state index contributed by atoms with van der Waals surface area (Å²) in [5, 5.41) is 9.39. The molecule has 118 valence electrons. The SMILES string of the molecule is Cc1nc(-c2cccc(NC(=O)C3CCCNC3)c2)cs1.Cl. The number of aromatic nitrogens is 1. The Labute approximate surface area is 140 Å². The molecule has 3 rings (SSSR count). The van der Waals surface area contributed by atoms with E-state index in [0.29, 0.717) is 0 Å². The van der Waals surface area contributed by atoms with E-state index in [4.69, 9.17) is 0 Å². The van der Waals surface area contributed by atoms with Gasteiger partial charge < -0.3 is 10.6 Å². The first-order chi connectivity index (χ1) is 10.2. The van der Waals surface area contributed by atoms with Gasteiger partial charge in [0, 0.05) is 23.2 Å². The predicted octanol–water partition coefficient (Wildman–Crippen LogP) is 3.48. The van der Waals surface area contributed by atoms with Crippen molar-refractivity contribution in [3.63, 3.8) is 0 Å². The molecular formula is C16H20ClN3OS. The quantitative estimate of drug-likeness (QED) is 0.901. The summed E-state index contributed by atoms with van der Waals surface area (Å²) in [5.41, 5.74) is 2.85. The molecule has 1 aliphatic heterocycles. The minimum atomic E-state index is 0. The Morgan fingerprint density at radius 2 is 2.32 bits per heavy atom. The van der Waals surface area contributed by atoms with Gasteiger partial charge in [-0.2, -0.15) is 0 Å². The van der Waals surface area contributed by atoms with Gasteiger partial charge >= 0.3 is 0 Å². The van der Waals surface area contributed by atoms with Crippen LogP contribution in [-0.4, -0.2) is 24.0 Å². The highest BCUT2D eigenvalue weighted by Crippen LogP contribution is 2.24. The fraction of sp³-hybridized carbons (Fsp3) is 0.375. The maximum absolute atomic E-state index is 12.3. The second kappa shape index (κ2) is 7.72. The van der Waals surface area contributed by atoms with Crippen molar-refractivity contribution >= 4 is 35.3 Å². The maximum Gasteiger partial charge on any atom is 0.228 e. The van der Waals surface area contributed by atoms with Crippen LogP contribution < -0.4 is 10.6 Å². The Morgan fingerprint density at radius 1 is 1.45 bits per heavy atom. The summed E-state index contributed by atoms with van der Waals surface area (Å²) < 4.78 is 0. The summed E-state index contributed by atoms with van der Waals surface area (Å²) in [4.78, 5) is 16.7. The Morgan fingerprint density at radius 3 is 3.00 bits per heavy atom. The van der Waals surface area contributed by atoms with Crippen molar-refractivity contribution in [1.82, 2.24) is 10.3 Å². The average molecular weight is 338 g/mol. The number of carbonyl (C=O) groups excluding carboxylic acids is 1. The van der Waals surface area contributed by atoms with Crippen LogP contribution in [0.5, 0.6) is 0 Å². The van der Waals surface area contributed by atoms with Gasteiger partial charge in [0.05, 0.1) is 16.6 Å². The van der Waals surface area contributed by atoms with Crippen molar-refractivity contribution in [2.75, 3.05) is 18.4 Å². The number of anilines is 1. The van der Waals surface area contributed by atoms with Crippen molar-refractivity contribution < 1.29 is 4.79 Å². The molecule has 1 fully saturated rings. The topological polar surface area (TPSA) is 54.0 Å². The highest BCUT2D eigenvalue weighted by molar-refractivity contribution is 7.09. The summed E-state index contributed by atoms with van der Waals surface area (Å²) in [6, 6.07) is 7.89. The third-order valence-corrected chi connectivity index (χ3v) is 4.49. The van der Waals surface area contributed by atoms with Gasteiger partial charge in [0.2, 0.25) is 5.91 Å². The third kappa shape index (κ3) is 4.06. The molecule has 1 aliphatic rings. The van der Waals surface area contributed by atoms with Crippen molar-refractivity contribution in [2.24, 2.45) is 5.92 Å². The lowest BCUT2D eigenvalue weighted by Crippen LogP contribution is -2.37. The van der Waals surface area contributed by atoms with E-state index in [0.717, 1.165) is 47.9 Å². The number of halogens is 1. The number of nitrogens with zero attached hydrogens (tertiary/aromatic N) is 1. The molecule has 0 aliphatic carbocycles. The first kappa shape index (κ1) is 16.9. The van der Waals surface area contributed by atoms with E-state index in [1.165, 1.54) is 0 Å². The normalized spacial score (nSPS) is 17.6. The summed E-state index contributed by atoms with van der Waals surface area (Å²) >= 11 is 1.63. The Hall–Kier alpha value is -1.43. The first-order valence-corrected chi connectivity index (χ1v) is 8.14. The molecule has 1 atom stereocenters. The number of piperidine rings is 1. The lowest BCUT2D eigenvalue weighted by atomic mass is 9.98. The molecule has 0 radical (unpaired) electrons. The fourth-order valence-electron chi connectivity index (χ4n) is 2.57. The second-order valence-electron chi connectivity index (χ2n) is 5.37. The number of aryl methyl sites for hydroxylation is 1. The first-order valence-electron chi connectivity index (χ1n) is 7.26. The van der Waals surface area contributed by atoms with E-state index in [2.05, 4.69) is 15.6 Å². The van der Waals surface area contributed by atoms with Crippen molar-refractivity contribution in [1.29, 1.82) is 0 Å². The van der Waals surface area contributed by atoms with E-state index in [1.807, 2.05) is 36.6 Å². The van der Waals surface area contributed by atoms with Crippen LogP contribution in [0.1, 0.15) is 17.8 Å². The monoisotopic (exact) mass is 337 g/mol. The van der Waals surface area contributed by atoms with Gasteiger partial charge in [-0.25, -0.2) is 4.98 Å². The zero-order chi connectivity index (χ0) is 14.7. The van der Waals surface area contributed by atoms with E-state index in [9.17, 15) is 4.79 Å². The van der Waals surface area contributed by atoms with Crippen LogP contribution in [0.25, 0.3) is 11.3 Å². The number of nitrogens with one attached hydrogen (secondary N) is 2. The number of thiazole rings is 1. The Bertz CT molecular complexity index is 638. The third-order valence-electron chi connectivity index (χ3n) is 3.71. The van der Waals surface area contributed by atoms with Crippen molar-refractivity contribution in [3.8, 4) is 11.3 Å². The molecule has 0 bridgehead atoms. The lowest BCUT2D eigenvalue weighted by Gasteiger charge is -2.22. The molecule has 0 spiro atoms. The number of hydrogen-bond acceptors (Lipinski definition) is 4. The summed E-state index contributed by atoms with van der Waals surface area (Å²) in [6.45, 7) is 3.79. The van der Waals surface area contributed by atoms with Gasteiger partial charge in [-0.3, -0.25) is 4.79 Å². The molecule has 1 saturated heterocycles. The highest BCUT2D eigenvalue weighted by Gasteiger charge is 2.20. The van der Waals surface area contributed by atoms with E-state index in [1.54, 1.807) is 11.3 Å². The Balaban J connectivity index is 0.00000176. The molecule has 0 saturated carbocycles. The van der Waals surface area contributed by atoms with Crippen molar-refractivity contribution in [3.05, 3.63) is 34.7 Å². The van der Waals surface area contributed by atoms with Crippen LogP contribution in [0, 0.1) is 12.8 Å². The molecule has 2 aromatic rings. The molecule has 1 aromatic carbocycles. The van der Waals surface area contributed by atoms with E-state index >= 15 is 0 Å². The number of amides is 1. The van der Waals surface area contributed by atoms with Crippen LogP contribution in [-0.2, 0) is 4.79 Å². The molecule has 4 nitrogen and oxygen atoms in total. The zero-order valence-corrected chi connectivity index (χ0v) is 14.1. The molecule has 2 heterocycles. The van der Waals surface area contributed by atoms with Crippen LogP contribution in [0.3, 0.4) is 0 Å². The largest absolute Gasteiger partial charge is 0.326 e. The van der Waals surface area contributed by atoms with Gasteiger partial charge in [0.25, 0.3) is 0 Å². The summed E-state index contributed by atoms with van der Waals surface area (Å²) in [6.07, 6.45) is 2.03. The van der Waals surface area contributed by atoms with Crippen molar-refractivity contribution in [2.45, 2.75) is 19.8 Å². The lowest BCUT2D eigenvalue weighted by molar-refractivity contribution is -0.120. The molecule has 22 heavy (non-hydrogen) atoms. The standard InChI is InChI=1S/C16H19N3OS.ClH/c1-11-18-15(10-21-11)12-4-2-6-14(8-12)19-16(20)13-5-3-7-17-9-13;/h2,4,6,8,10,13,17H,3,5,7,9H2,1H3,(H,19,20);1H. The van der Waals surface area contributed by atoms with Gasteiger partial charge in [0.15, 0.2) is 0 Å². The van der Waals surface area contributed by atoms with Gasteiger partial charge in [-0.1, -0.05) is 12.1 Å². The number of hydrogen-bond donors (Lipinski definition) is 2. The molecule has 1 amide bonds. The fourth-order valence-corrected chi connectivity index (χ4v) is 3.19. The average Bonchev–Trinajstić information content (AvgIpc) is 2.95. The van der Waals surface area contributed by atoms with Crippen LogP contribution in [0.4, 0.5) is 5.69 Å². The van der Waals surface area contributed by atoms with Crippen LogP contribution >= 0.6 is 23.7 Å². The second-order valence-corrected chi connectivity index (χ2v) is 6.43. The summed E-state index contributed by atoms with van der Waals surface area (Å²) in [7, 11) is 0. The van der Waals surface area contributed by atoms with Gasteiger partial charge in [-0.05, 0) is 38.4 Å². The minimum absolute atomic E-state index is 0. The zero-order valence-electron chi connectivity index (χ0n) is 12.5. The van der Waals surface area contributed by atoms with Crippen LogP contribution in [0.2, 0.25) is 0 Å². The summed E-state index contributed by atoms with van der Waals surface area (Å²) in [5.74, 6) is 0.178. The van der Waals surface area contributed by atoms with E-state index in [-0.39, 0.29) is 24.2 Å². The predicted molar refractivity (Wildman–Crippen MR) is 93.8 cm³/mol. The number of carbonyl (C=O) groups is 1. The number of benzene rings is 1. The molecule has 1 aromatic heterocycles. The highest BCUT2D eigenvalue weighted by atomic mass is 35.5. The van der Waals surface area contributed by atoms with Crippen LogP contribution in [0.15, 0.2) is 29.6 Å². The maximum atomic E-state index is 12.3. The molecular weight excluding hydrogens is 318 g/mol. The van der Waals surface area contributed by atoms with Gasteiger partial charge in [-0.15, -0.1) is 23.7 Å². The number of rotatable bonds is 3. The van der Waals surface area contributed by atoms with E-state index < -0.39 is 0 Å². The molecule has 6 heteroatoms. The Kier molecular flexibility index (Phi) is 5.94. The molecule has 2 N–H and O–H groups in total. The minimum Gasteiger partial charge on any atom is -0.326 e.